The van der Waals surface area contributed by atoms with Crippen LogP contribution >= 0.6 is 0 Å². The lowest BCUT2D eigenvalue weighted by molar-refractivity contribution is -0.00976. The van der Waals surface area contributed by atoms with E-state index < -0.39 is 5.60 Å². The van der Waals surface area contributed by atoms with Crippen molar-refractivity contribution in [1.29, 1.82) is 0 Å². The second kappa shape index (κ2) is 3.95. The van der Waals surface area contributed by atoms with Gasteiger partial charge in [-0.3, -0.25) is 0 Å². The molecule has 2 heterocycles. The molecule has 0 aromatic carbocycles. The topological polar surface area (TPSA) is 49.2 Å². The van der Waals surface area contributed by atoms with Gasteiger partial charge in [0.25, 0.3) is 0 Å². The predicted octanol–water partition coefficient (Wildman–Crippen LogP) is 1.39. The van der Waals surface area contributed by atoms with E-state index in [4.69, 9.17) is 0 Å². The van der Waals surface area contributed by atoms with Gasteiger partial charge in [0.1, 0.15) is 17.7 Å². The van der Waals surface area contributed by atoms with Crippen LogP contribution in [0.15, 0.2) is 12.4 Å². The van der Waals surface area contributed by atoms with Crippen LogP contribution < -0.4 is 4.90 Å². The Morgan fingerprint density at radius 2 is 2.18 bits per heavy atom. The van der Waals surface area contributed by atoms with E-state index in [1.54, 1.807) is 6.33 Å². The molecule has 4 nitrogen and oxygen atoms in total. The summed E-state index contributed by atoms with van der Waals surface area (Å²) in [6, 6.07) is 2.05. The van der Waals surface area contributed by atoms with E-state index in [0.717, 1.165) is 37.4 Å². The molecule has 1 saturated carbocycles. The van der Waals surface area contributed by atoms with Gasteiger partial charge in [-0.25, -0.2) is 9.97 Å². The zero-order chi connectivity index (χ0) is 11.9. The third-order valence-electron chi connectivity index (χ3n) is 3.81. The molecule has 17 heavy (non-hydrogen) atoms. The molecule has 0 unspecified atom stereocenters. The van der Waals surface area contributed by atoms with Crippen LogP contribution in [0.3, 0.4) is 0 Å². The first kappa shape index (κ1) is 11.0. The fraction of sp³-hybridized carbons (Fsp3) is 0.692. The van der Waals surface area contributed by atoms with Crippen molar-refractivity contribution in [2.75, 3.05) is 18.0 Å². The molecular formula is C13H19N3O. The molecule has 3 rings (SSSR count). The van der Waals surface area contributed by atoms with Gasteiger partial charge in [-0.1, -0.05) is 13.3 Å². The average Bonchev–Trinajstić information content (AvgIpc) is 3.10. The van der Waals surface area contributed by atoms with E-state index >= 15 is 0 Å². The molecule has 1 N–H and O–H groups in total. The zero-order valence-electron chi connectivity index (χ0n) is 10.3. The fourth-order valence-electron chi connectivity index (χ4n) is 2.61. The van der Waals surface area contributed by atoms with Crippen molar-refractivity contribution in [2.24, 2.45) is 5.92 Å². The summed E-state index contributed by atoms with van der Waals surface area (Å²) < 4.78 is 0. The van der Waals surface area contributed by atoms with Gasteiger partial charge in [0, 0.05) is 11.8 Å². The smallest absolute Gasteiger partial charge is 0.132 e. The molecule has 1 saturated heterocycles. The third-order valence-corrected chi connectivity index (χ3v) is 3.81. The Kier molecular flexibility index (Phi) is 2.54. The minimum Gasteiger partial charge on any atom is -0.386 e. The van der Waals surface area contributed by atoms with Crippen LogP contribution in [0.5, 0.6) is 0 Å². The summed E-state index contributed by atoms with van der Waals surface area (Å²) in [6.07, 6.45) is 6.11. The van der Waals surface area contributed by atoms with E-state index in [1.807, 2.05) is 0 Å². The molecule has 92 valence electrons. The van der Waals surface area contributed by atoms with Gasteiger partial charge >= 0.3 is 0 Å². The maximum Gasteiger partial charge on any atom is 0.132 e. The first-order valence-electron chi connectivity index (χ1n) is 6.49. The Balaban J connectivity index is 1.67. The first-order valence-corrected chi connectivity index (χ1v) is 6.49. The lowest BCUT2D eigenvalue weighted by Crippen LogP contribution is -2.63. The van der Waals surface area contributed by atoms with Gasteiger partial charge in [-0.2, -0.15) is 0 Å². The summed E-state index contributed by atoms with van der Waals surface area (Å²) in [4.78, 5) is 10.7. The van der Waals surface area contributed by atoms with Crippen molar-refractivity contribution in [3.63, 3.8) is 0 Å². The van der Waals surface area contributed by atoms with E-state index in [0.29, 0.717) is 5.92 Å². The van der Waals surface area contributed by atoms with Crippen LogP contribution in [-0.2, 0) is 6.42 Å². The number of β-amino-alcohol motifs (C(OH)–C–C–N with tert-alkyl or cyclic N) is 1. The quantitative estimate of drug-likeness (QED) is 0.853. The van der Waals surface area contributed by atoms with Gasteiger partial charge in [0.2, 0.25) is 0 Å². The van der Waals surface area contributed by atoms with Gasteiger partial charge in [-0.15, -0.1) is 0 Å². The molecule has 0 atom stereocenters. The van der Waals surface area contributed by atoms with E-state index in [-0.39, 0.29) is 0 Å². The van der Waals surface area contributed by atoms with Crippen molar-refractivity contribution >= 4 is 5.82 Å². The number of anilines is 1. The van der Waals surface area contributed by atoms with Crippen LogP contribution in [-0.4, -0.2) is 33.8 Å². The number of aliphatic hydroxyl groups is 1. The standard InChI is InChI=1S/C13H19N3O/c1-2-3-11-6-12(15-9-14-11)16-7-13(17,8-16)10-4-5-10/h6,9-10,17H,2-5,7-8H2,1H3. The van der Waals surface area contributed by atoms with Crippen molar-refractivity contribution in [1.82, 2.24) is 9.97 Å². The zero-order valence-corrected chi connectivity index (χ0v) is 10.3. The van der Waals surface area contributed by atoms with E-state index in [2.05, 4.69) is 27.9 Å². The maximum atomic E-state index is 10.3. The lowest BCUT2D eigenvalue weighted by Gasteiger charge is -2.47. The molecule has 4 heteroatoms. The molecule has 1 aliphatic heterocycles. The number of aryl methyl sites for hydroxylation is 1. The van der Waals surface area contributed by atoms with E-state index in [9.17, 15) is 5.11 Å². The average molecular weight is 233 g/mol. The molecular weight excluding hydrogens is 214 g/mol. The van der Waals surface area contributed by atoms with Crippen LogP contribution in [0.25, 0.3) is 0 Å². The van der Waals surface area contributed by atoms with Crippen LogP contribution in [0, 0.1) is 5.92 Å². The number of aromatic nitrogens is 2. The monoisotopic (exact) mass is 233 g/mol. The highest BCUT2D eigenvalue weighted by atomic mass is 16.3. The summed E-state index contributed by atoms with van der Waals surface area (Å²) in [7, 11) is 0. The molecule has 2 fully saturated rings. The van der Waals surface area contributed by atoms with Gasteiger partial charge in [0.15, 0.2) is 0 Å². The van der Waals surface area contributed by atoms with Crippen molar-refractivity contribution in [2.45, 2.75) is 38.2 Å². The third kappa shape index (κ3) is 2.02. The Morgan fingerprint density at radius 1 is 1.41 bits per heavy atom. The number of hydrogen-bond donors (Lipinski definition) is 1. The fourth-order valence-corrected chi connectivity index (χ4v) is 2.61. The van der Waals surface area contributed by atoms with Crippen molar-refractivity contribution in [3.05, 3.63) is 18.1 Å². The molecule has 1 aromatic rings. The molecule has 1 aromatic heterocycles. The molecule has 0 radical (unpaired) electrons. The Hall–Kier alpha value is -1.16. The van der Waals surface area contributed by atoms with Crippen LogP contribution in [0.2, 0.25) is 0 Å². The summed E-state index contributed by atoms with van der Waals surface area (Å²) in [5, 5.41) is 10.3. The van der Waals surface area contributed by atoms with Gasteiger partial charge in [0.05, 0.1) is 13.1 Å². The second-order valence-corrected chi connectivity index (χ2v) is 5.35. The van der Waals surface area contributed by atoms with Gasteiger partial charge < -0.3 is 10.0 Å². The number of hydrogen-bond acceptors (Lipinski definition) is 4. The highest BCUT2D eigenvalue weighted by Crippen LogP contribution is 2.45. The van der Waals surface area contributed by atoms with Crippen LogP contribution in [0.4, 0.5) is 5.82 Å². The van der Waals surface area contributed by atoms with Crippen LogP contribution in [0.1, 0.15) is 31.9 Å². The summed E-state index contributed by atoms with van der Waals surface area (Å²) in [5.41, 5.74) is 0.662. The largest absolute Gasteiger partial charge is 0.386 e. The maximum absolute atomic E-state index is 10.3. The SMILES string of the molecule is CCCc1cc(N2CC(O)(C3CC3)C2)ncn1. The second-order valence-electron chi connectivity index (χ2n) is 5.35. The number of nitrogens with zero attached hydrogens (tertiary/aromatic N) is 3. The normalized spacial score (nSPS) is 22.4. The highest BCUT2D eigenvalue weighted by Gasteiger charge is 2.52. The Bertz CT molecular complexity index is 411. The predicted molar refractivity (Wildman–Crippen MR) is 65.9 cm³/mol. The minimum atomic E-state index is -0.435. The van der Waals surface area contributed by atoms with Gasteiger partial charge in [-0.05, 0) is 25.2 Å². The molecule has 0 bridgehead atoms. The Morgan fingerprint density at radius 3 is 2.82 bits per heavy atom. The van der Waals surface area contributed by atoms with E-state index in [1.165, 1.54) is 12.8 Å². The molecule has 2 aliphatic rings. The minimum absolute atomic E-state index is 0.435. The first-order chi connectivity index (χ1) is 8.21. The highest BCUT2D eigenvalue weighted by molar-refractivity contribution is 5.45. The Labute approximate surface area is 102 Å². The summed E-state index contributed by atoms with van der Waals surface area (Å²) in [6.45, 7) is 3.62. The van der Waals surface area contributed by atoms with Crippen molar-refractivity contribution < 1.29 is 5.11 Å². The molecule has 0 spiro atoms. The van der Waals surface area contributed by atoms with Crippen molar-refractivity contribution in [3.8, 4) is 0 Å². The lowest BCUT2D eigenvalue weighted by atomic mass is 9.89. The molecule has 0 amide bonds. The number of rotatable bonds is 4. The molecule has 1 aliphatic carbocycles. The summed E-state index contributed by atoms with van der Waals surface area (Å²) in [5.74, 6) is 1.50. The summed E-state index contributed by atoms with van der Waals surface area (Å²) >= 11 is 0.